The highest BCUT2D eigenvalue weighted by atomic mass is 16.4. The van der Waals surface area contributed by atoms with Gasteiger partial charge in [0.15, 0.2) is 0 Å². The van der Waals surface area contributed by atoms with E-state index in [9.17, 15) is 0 Å². The largest absolute Gasteiger partial charge is 0.444 e. The molecule has 0 atom stereocenters. The predicted octanol–water partition coefficient (Wildman–Crippen LogP) is 1.87. The Labute approximate surface area is 103 Å². The molecule has 2 rings (SSSR count). The molecule has 1 N–H and O–H groups in total. The van der Waals surface area contributed by atoms with Crippen LogP contribution in [0.5, 0.6) is 0 Å². The molecule has 0 unspecified atom stereocenters. The SMILES string of the molecule is CCN1CCC(NCc2nc(C)c(C)o2)CC1. The number of piperidine rings is 1. The molecule has 0 bridgehead atoms. The van der Waals surface area contributed by atoms with E-state index < -0.39 is 0 Å². The molecule has 1 aliphatic heterocycles. The minimum absolute atomic E-state index is 0.616. The highest BCUT2D eigenvalue weighted by molar-refractivity contribution is 5.05. The van der Waals surface area contributed by atoms with Gasteiger partial charge in [-0.15, -0.1) is 0 Å². The van der Waals surface area contributed by atoms with E-state index in [1.165, 1.54) is 32.5 Å². The molecule has 2 heterocycles. The third-order valence-electron chi connectivity index (χ3n) is 3.65. The van der Waals surface area contributed by atoms with Crippen LogP contribution in [0.1, 0.15) is 37.1 Å². The Morgan fingerprint density at radius 3 is 2.59 bits per heavy atom. The number of aryl methyl sites for hydroxylation is 2. The van der Waals surface area contributed by atoms with Crippen LogP contribution in [-0.2, 0) is 6.54 Å². The minimum Gasteiger partial charge on any atom is -0.444 e. The lowest BCUT2D eigenvalue weighted by molar-refractivity contribution is 0.203. The quantitative estimate of drug-likeness (QED) is 0.868. The summed E-state index contributed by atoms with van der Waals surface area (Å²) in [6, 6.07) is 0.616. The standard InChI is InChI=1S/C13H23N3O/c1-4-16-7-5-12(6-8-16)14-9-13-15-10(2)11(3)17-13/h12,14H,4-9H2,1-3H3. The number of hydrogen-bond acceptors (Lipinski definition) is 4. The van der Waals surface area contributed by atoms with Crippen LogP contribution in [-0.4, -0.2) is 35.6 Å². The molecule has 0 aromatic carbocycles. The Balaban J connectivity index is 1.75. The van der Waals surface area contributed by atoms with Gasteiger partial charge in [-0.25, -0.2) is 4.98 Å². The summed E-state index contributed by atoms with van der Waals surface area (Å²) in [7, 11) is 0. The molecule has 1 fully saturated rings. The Bertz CT molecular complexity index is 334. The minimum atomic E-state index is 0.616. The Morgan fingerprint density at radius 1 is 1.35 bits per heavy atom. The monoisotopic (exact) mass is 237 g/mol. The Kier molecular flexibility index (Phi) is 4.18. The fraction of sp³-hybridized carbons (Fsp3) is 0.769. The lowest BCUT2D eigenvalue weighted by Gasteiger charge is -2.31. The normalized spacial score (nSPS) is 18.8. The number of rotatable bonds is 4. The molecular formula is C13H23N3O. The Hall–Kier alpha value is -0.870. The van der Waals surface area contributed by atoms with Crippen molar-refractivity contribution in [2.75, 3.05) is 19.6 Å². The van der Waals surface area contributed by atoms with Gasteiger partial charge in [-0.05, 0) is 46.3 Å². The van der Waals surface area contributed by atoms with Crippen LogP contribution in [0.3, 0.4) is 0 Å². The second-order valence-corrected chi connectivity index (χ2v) is 4.84. The summed E-state index contributed by atoms with van der Waals surface area (Å²) >= 11 is 0. The summed E-state index contributed by atoms with van der Waals surface area (Å²) in [5, 5.41) is 3.54. The van der Waals surface area contributed by atoms with Crippen LogP contribution in [0.15, 0.2) is 4.42 Å². The van der Waals surface area contributed by atoms with Crippen molar-refractivity contribution in [3.8, 4) is 0 Å². The molecule has 0 spiro atoms. The van der Waals surface area contributed by atoms with E-state index in [1.54, 1.807) is 0 Å². The molecule has 0 aliphatic carbocycles. The summed E-state index contributed by atoms with van der Waals surface area (Å²) < 4.78 is 5.56. The first-order valence-electron chi connectivity index (χ1n) is 6.57. The summed E-state index contributed by atoms with van der Waals surface area (Å²) in [4.78, 5) is 6.88. The van der Waals surface area contributed by atoms with Gasteiger partial charge in [-0.2, -0.15) is 0 Å². The zero-order valence-electron chi connectivity index (χ0n) is 11.1. The van der Waals surface area contributed by atoms with E-state index in [0.29, 0.717) is 6.04 Å². The van der Waals surface area contributed by atoms with Crippen LogP contribution in [0.2, 0.25) is 0 Å². The van der Waals surface area contributed by atoms with Crippen LogP contribution in [0.25, 0.3) is 0 Å². The fourth-order valence-electron chi connectivity index (χ4n) is 2.30. The van der Waals surface area contributed by atoms with Gasteiger partial charge in [0.2, 0.25) is 5.89 Å². The predicted molar refractivity (Wildman–Crippen MR) is 68.0 cm³/mol. The van der Waals surface area contributed by atoms with E-state index >= 15 is 0 Å². The summed E-state index contributed by atoms with van der Waals surface area (Å²) in [6.07, 6.45) is 2.46. The summed E-state index contributed by atoms with van der Waals surface area (Å²) in [5.41, 5.74) is 1.00. The molecule has 1 saturated heterocycles. The fourth-order valence-corrected chi connectivity index (χ4v) is 2.30. The molecule has 0 radical (unpaired) electrons. The maximum absolute atomic E-state index is 5.56. The van der Waals surface area contributed by atoms with Crippen molar-refractivity contribution in [1.82, 2.24) is 15.2 Å². The highest BCUT2D eigenvalue weighted by Crippen LogP contribution is 2.12. The average Bonchev–Trinajstić information content (AvgIpc) is 2.67. The van der Waals surface area contributed by atoms with Crippen molar-refractivity contribution in [2.24, 2.45) is 0 Å². The number of oxazole rings is 1. The molecule has 1 aromatic heterocycles. The van der Waals surface area contributed by atoms with Gasteiger partial charge in [0.05, 0.1) is 12.2 Å². The van der Waals surface area contributed by atoms with E-state index in [-0.39, 0.29) is 0 Å². The maximum Gasteiger partial charge on any atom is 0.208 e. The smallest absolute Gasteiger partial charge is 0.208 e. The summed E-state index contributed by atoms with van der Waals surface area (Å²) in [6.45, 7) is 10.5. The number of nitrogens with zero attached hydrogens (tertiary/aromatic N) is 2. The maximum atomic E-state index is 5.56. The summed E-state index contributed by atoms with van der Waals surface area (Å²) in [5.74, 6) is 1.75. The third-order valence-corrected chi connectivity index (χ3v) is 3.65. The molecule has 1 aromatic rings. The number of likely N-dealkylation sites (tertiary alicyclic amines) is 1. The Morgan fingerprint density at radius 2 is 2.06 bits per heavy atom. The van der Waals surface area contributed by atoms with Crippen LogP contribution in [0, 0.1) is 13.8 Å². The van der Waals surface area contributed by atoms with Gasteiger partial charge in [0, 0.05) is 6.04 Å². The molecular weight excluding hydrogens is 214 g/mol. The van der Waals surface area contributed by atoms with Crippen LogP contribution < -0.4 is 5.32 Å². The first-order chi connectivity index (χ1) is 8.19. The van der Waals surface area contributed by atoms with E-state index in [1.807, 2.05) is 13.8 Å². The average molecular weight is 237 g/mol. The van der Waals surface area contributed by atoms with Gasteiger partial charge in [-0.1, -0.05) is 6.92 Å². The van der Waals surface area contributed by atoms with E-state index in [0.717, 1.165) is 23.9 Å². The van der Waals surface area contributed by atoms with Crippen molar-refractivity contribution in [3.05, 3.63) is 17.3 Å². The zero-order chi connectivity index (χ0) is 12.3. The molecule has 1 aliphatic rings. The first kappa shape index (κ1) is 12.6. The molecule has 0 saturated carbocycles. The van der Waals surface area contributed by atoms with Crippen molar-refractivity contribution in [2.45, 2.75) is 46.2 Å². The van der Waals surface area contributed by atoms with E-state index in [2.05, 4.69) is 22.1 Å². The molecule has 17 heavy (non-hydrogen) atoms. The highest BCUT2D eigenvalue weighted by Gasteiger charge is 2.18. The van der Waals surface area contributed by atoms with Crippen molar-refractivity contribution in [3.63, 3.8) is 0 Å². The molecule has 4 nitrogen and oxygen atoms in total. The molecule has 4 heteroatoms. The van der Waals surface area contributed by atoms with Crippen LogP contribution in [0.4, 0.5) is 0 Å². The lowest BCUT2D eigenvalue weighted by Crippen LogP contribution is -2.42. The second kappa shape index (κ2) is 5.65. The van der Waals surface area contributed by atoms with Crippen molar-refractivity contribution >= 4 is 0 Å². The zero-order valence-corrected chi connectivity index (χ0v) is 11.1. The van der Waals surface area contributed by atoms with Crippen LogP contribution >= 0.6 is 0 Å². The van der Waals surface area contributed by atoms with Gasteiger partial charge in [0.1, 0.15) is 5.76 Å². The first-order valence-corrected chi connectivity index (χ1v) is 6.57. The van der Waals surface area contributed by atoms with Gasteiger partial charge in [-0.3, -0.25) is 0 Å². The van der Waals surface area contributed by atoms with E-state index in [4.69, 9.17) is 4.42 Å². The van der Waals surface area contributed by atoms with Gasteiger partial charge < -0.3 is 14.6 Å². The number of nitrogens with one attached hydrogen (secondary N) is 1. The topological polar surface area (TPSA) is 41.3 Å². The van der Waals surface area contributed by atoms with Gasteiger partial charge >= 0.3 is 0 Å². The molecule has 96 valence electrons. The van der Waals surface area contributed by atoms with Crippen molar-refractivity contribution < 1.29 is 4.42 Å². The lowest BCUT2D eigenvalue weighted by atomic mass is 10.1. The third kappa shape index (κ3) is 3.30. The molecule has 0 amide bonds. The second-order valence-electron chi connectivity index (χ2n) is 4.84. The number of aromatic nitrogens is 1. The van der Waals surface area contributed by atoms with Gasteiger partial charge in [0.25, 0.3) is 0 Å². The van der Waals surface area contributed by atoms with Crippen molar-refractivity contribution in [1.29, 1.82) is 0 Å². The number of hydrogen-bond donors (Lipinski definition) is 1.